The minimum atomic E-state index is -0.254. The van der Waals surface area contributed by atoms with Crippen molar-refractivity contribution in [2.75, 3.05) is 19.5 Å². The van der Waals surface area contributed by atoms with Gasteiger partial charge in [0.2, 0.25) is 0 Å². The third kappa shape index (κ3) is 3.08. The summed E-state index contributed by atoms with van der Waals surface area (Å²) >= 11 is 0. The molecule has 3 rings (SSSR count). The van der Waals surface area contributed by atoms with Gasteiger partial charge in [-0.15, -0.1) is 0 Å². The summed E-state index contributed by atoms with van der Waals surface area (Å²) in [7, 11) is 3.12. The number of carbonyl (C=O) groups is 1. The Morgan fingerprint density at radius 1 is 1.12 bits per heavy atom. The number of pyridine rings is 1. The van der Waals surface area contributed by atoms with Crippen LogP contribution in [0.5, 0.6) is 11.5 Å². The second kappa shape index (κ2) is 6.87. The maximum Gasteiger partial charge on any atom is 0.272 e. The van der Waals surface area contributed by atoms with Gasteiger partial charge in [-0.25, -0.2) is 0 Å². The third-order valence-corrected chi connectivity index (χ3v) is 3.56. The quantitative estimate of drug-likeness (QED) is 0.783. The Morgan fingerprint density at radius 3 is 2.71 bits per heavy atom. The zero-order valence-electron chi connectivity index (χ0n) is 13.4. The first-order valence-electron chi connectivity index (χ1n) is 7.34. The van der Waals surface area contributed by atoms with E-state index in [1.54, 1.807) is 55.4 Å². The fourth-order valence-corrected chi connectivity index (χ4v) is 2.39. The smallest absolute Gasteiger partial charge is 0.272 e. The summed E-state index contributed by atoms with van der Waals surface area (Å²) in [6, 6.07) is 12.5. The Balaban J connectivity index is 1.91. The lowest BCUT2D eigenvalue weighted by atomic mass is 10.2. The zero-order valence-corrected chi connectivity index (χ0v) is 13.4. The number of nitrogens with one attached hydrogen (secondary N) is 1. The number of aromatic nitrogens is 2. The minimum Gasteiger partial charge on any atom is -0.497 e. The van der Waals surface area contributed by atoms with Crippen LogP contribution >= 0.6 is 0 Å². The molecule has 1 N–H and O–H groups in total. The molecule has 0 radical (unpaired) electrons. The fraction of sp³-hybridized carbons (Fsp3) is 0.111. The van der Waals surface area contributed by atoms with Crippen LogP contribution in [0.15, 0.2) is 61.1 Å². The molecule has 0 fully saturated rings. The molecule has 0 saturated carbocycles. The largest absolute Gasteiger partial charge is 0.497 e. The Kier molecular flexibility index (Phi) is 4.47. The molecule has 0 unspecified atom stereocenters. The lowest BCUT2D eigenvalue weighted by molar-refractivity contribution is 0.102. The first kappa shape index (κ1) is 15.6. The minimum absolute atomic E-state index is 0.254. The SMILES string of the molecule is COc1ccc(OC)c(NC(=O)c2cccn2-c2cccnc2)c1. The number of benzene rings is 1. The molecular formula is C18H17N3O3. The van der Waals surface area contributed by atoms with Crippen LogP contribution in [0.25, 0.3) is 5.69 Å². The van der Waals surface area contributed by atoms with Crippen LogP contribution in [0.3, 0.4) is 0 Å². The number of hydrogen-bond donors (Lipinski definition) is 1. The Bertz CT molecular complexity index is 844. The highest BCUT2D eigenvalue weighted by molar-refractivity contribution is 6.04. The lowest BCUT2D eigenvalue weighted by Gasteiger charge is -2.13. The van der Waals surface area contributed by atoms with E-state index in [2.05, 4.69) is 10.3 Å². The van der Waals surface area contributed by atoms with Crippen LogP contribution in [0.1, 0.15) is 10.5 Å². The molecule has 0 aliphatic heterocycles. The molecule has 0 aliphatic rings. The van der Waals surface area contributed by atoms with Gasteiger partial charge >= 0.3 is 0 Å². The van der Waals surface area contributed by atoms with Gasteiger partial charge in [0.15, 0.2) is 0 Å². The maximum atomic E-state index is 12.7. The normalized spacial score (nSPS) is 10.2. The monoisotopic (exact) mass is 323 g/mol. The van der Waals surface area contributed by atoms with Gasteiger partial charge in [-0.2, -0.15) is 0 Å². The van der Waals surface area contributed by atoms with E-state index in [1.807, 2.05) is 24.4 Å². The average molecular weight is 323 g/mol. The molecular weight excluding hydrogens is 306 g/mol. The highest BCUT2D eigenvalue weighted by atomic mass is 16.5. The van der Waals surface area contributed by atoms with Crippen molar-refractivity contribution >= 4 is 11.6 Å². The second-order valence-electron chi connectivity index (χ2n) is 4.99. The van der Waals surface area contributed by atoms with Gasteiger partial charge in [-0.3, -0.25) is 9.78 Å². The number of carbonyl (C=O) groups excluding carboxylic acids is 1. The van der Waals surface area contributed by atoms with Crippen LogP contribution in [-0.4, -0.2) is 29.7 Å². The highest BCUT2D eigenvalue weighted by Crippen LogP contribution is 2.29. The topological polar surface area (TPSA) is 65.4 Å². The van der Waals surface area contributed by atoms with Crippen LogP contribution in [0.2, 0.25) is 0 Å². The van der Waals surface area contributed by atoms with Crippen molar-refractivity contribution in [3.63, 3.8) is 0 Å². The molecule has 1 amide bonds. The van der Waals surface area contributed by atoms with Crippen molar-refractivity contribution in [2.24, 2.45) is 0 Å². The van der Waals surface area contributed by atoms with E-state index in [1.165, 1.54) is 0 Å². The number of anilines is 1. The molecule has 2 aromatic heterocycles. The average Bonchev–Trinajstić information content (AvgIpc) is 3.12. The van der Waals surface area contributed by atoms with Gasteiger partial charge in [0.1, 0.15) is 17.2 Å². The van der Waals surface area contributed by atoms with Crippen LogP contribution in [0, 0.1) is 0 Å². The zero-order chi connectivity index (χ0) is 16.9. The molecule has 0 aliphatic carbocycles. The summed E-state index contributed by atoms with van der Waals surface area (Å²) in [4.78, 5) is 16.8. The predicted octanol–water partition coefficient (Wildman–Crippen LogP) is 3.14. The number of methoxy groups -OCH3 is 2. The van der Waals surface area contributed by atoms with Crippen LogP contribution < -0.4 is 14.8 Å². The van der Waals surface area contributed by atoms with Crippen molar-refractivity contribution in [3.05, 3.63) is 66.7 Å². The second-order valence-corrected chi connectivity index (χ2v) is 4.99. The number of hydrogen-bond acceptors (Lipinski definition) is 4. The van der Waals surface area contributed by atoms with E-state index in [9.17, 15) is 4.79 Å². The molecule has 0 bridgehead atoms. The van der Waals surface area contributed by atoms with Crippen molar-refractivity contribution in [2.45, 2.75) is 0 Å². The maximum absolute atomic E-state index is 12.7. The van der Waals surface area contributed by atoms with Gasteiger partial charge in [-0.05, 0) is 36.4 Å². The molecule has 0 saturated heterocycles. The van der Waals surface area contributed by atoms with Gasteiger partial charge < -0.3 is 19.4 Å². The van der Waals surface area contributed by atoms with Crippen LogP contribution in [0.4, 0.5) is 5.69 Å². The molecule has 2 heterocycles. The van der Waals surface area contributed by atoms with Gasteiger partial charge in [-0.1, -0.05) is 0 Å². The van der Waals surface area contributed by atoms with E-state index in [4.69, 9.17) is 9.47 Å². The molecule has 3 aromatic rings. The van der Waals surface area contributed by atoms with Crippen LogP contribution in [-0.2, 0) is 0 Å². The molecule has 6 nitrogen and oxygen atoms in total. The van der Waals surface area contributed by atoms with Crippen molar-refractivity contribution in [1.82, 2.24) is 9.55 Å². The number of rotatable bonds is 5. The van der Waals surface area contributed by atoms with Crippen molar-refractivity contribution in [3.8, 4) is 17.2 Å². The fourth-order valence-electron chi connectivity index (χ4n) is 2.39. The molecule has 24 heavy (non-hydrogen) atoms. The van der Waals surface area contributed by atoms with Gasteiger partial charge in [0.05, 0.1) is 31.8 Å². The number of nitrogens with zero attached hydrogens (tertiary/aromatic N) is 2. The number of amides is 1. The molecule has 0 atom stereocenters. The number of ether oxygens (including phenoxy) is 2. The summed E-state index contributed by atoms with van der Waals surface area (Å²) in [6.07, 6.45) is 5.20. The van der Waals surface area contributed by atoms with Crippen molar-refractivity contribution in [1.29, 1.82) is 0 Å². The van der Waals surface area contributed by atoms with E-state index < -0.39 is 0 Å². The Morgan fingerprint density at radius 2 is 2.00 bits per heavy atom. The van der Waals surface area contributed by atoms with E-state index >= 15 is 0 Å². The summed E-state index contributed by atoms with van der Waals surface area (Å²) in [5, 5.41) is 2.86. The first-order valence-corrected chi connectivity index (χ1v) is 7.34. The molecule has 122 valence electrons. The lowest BCUT2D eigenvalue weighted by Crippen LogP contribution is -2.16. The first-order chi connectivity index (χ1) is 11.7. The van der Waals surface area contributed by atoms with E-state index in [0.29, 0.717) is 22.9 Å². The van der Waals surface area contributed by atoms with E-state index in [-0.39, 0.29) is 5.91 Å². The summed E-state index contributed by atoms with van der Waals surface area (Å²) < 4.78 is 12.3. The summed E-state index contributed by atoms with van der Waals surface area (Å²) in [6.45, 7) is 0. The predicted molar refractivity (Wildman–Crippen MR) is 91.1 cm³/mol. The van der Waals surface area contributed by atoms with Gasteiger partial charge in [0, 0.05) is 18.5 Å². The Hall–Kier alpha value is -3.28. The summed E-state index contributed by atoms with van der Waals surface area (Å²) in [5.41, 5.74) is 1.85. The highest BCUT2D eigenvalue weighted by Gasteiger charge is 2.15. The molecule has 6 heteroatoms. The van der Waals surface area contributed by atoms with Crippen molar-refractivity contribution < 1.29 is 14.3 Å². The third-order valence-electron chi connectivity index (χ3n) is 3.56. The summed E-state index contributed by atoms with van der Waals surface area (Å²) in [5.74, 6) is 0.938. The van der Waals surface area contributed by atoms with Gasteiger partial charge in [0.25, 0.3) is 5.91 Å². The molecule has 0 spiro atoms. The Labute approximate surface area is 139 Å². The molecule has 1 aromatic carbocycles. The standard InChI is InChI=1S/C18H17N3O3/c1-23-14-7-8-17(24-2)15(11-14)20-18(22)16-6-4-10-21(16)13-5-3-9-19-12-13/h3-12H,1-2H3,(H,20,22). The van der Waals surface area contributed by atoms with E-state index in [0.717, 1.165) is 5.69 Å².